The van der Waals surface area contributed by atoms with E-state index in [2.05, 4.69) is 20.8 Å². The third kappa shape index (κ3) is 4.28. The maximum absolute atomic E-state index is 12.4. The zero-order valence-electron chi connectivity index (χ0n) is 15.4. The number of fused-ring (bicyclic) bond motifs is 2. The van der Waals surface area contributed by atoms with Gasteiger partial charge in [-0.1, -0.05) is 59.6 Å². The van der Waals surface area contributed by atoms with Crippen molar-refractivity contribution in [3.8, 4) is 0 Å². The zero-order chi connectivity index (χ0) is 21.1. The summed E-state index contributed by atoms with van der Waals surface area (Å²) in [5.41, 5.74) is 3.69. The second-order valence-corrected chi connectivity index (χ2v) is 8.07. The monoisotopic (exact) mass is 456 g/mol. The Hall–Kier alpha value is -3.00. The van der Waals surface area contributed by atoms with Gasteiger partial charge in [-0.25, -0.2) is 10.4 Å². The molecule has 0 aliphatic rings. The van der Waals surface area contributed by atoms with E-state index in [1.54, 1.807) is 0 Å². The Bertz CT molecular complexity index is 1300. The molecule has 0 saturated carbocycles. The number of hydrogen-bond donors (Lipinski definition) is 2. The molecule has 30 heavy (non-hydrogen) atoms. The number of aromatic nitrogens is 1. The van der Waals surface area contributed by atoms with Crippen molar-refractivity contribution in [1.82, 2.24) is 15.7 Å². The quantitative estimate of drug-likeness (QED) is 0.260. The van der Waals surface area contributed by atoms with E-state index in [4.69, 9.17) is 23.2 Å². The van der Waals surface area contributed by atoms with E-state index >= 15 is 0 Å². The van der Waals surface area contributed by atoms with Gasteiger partial charge < -0.3 is 5.32 Å². The Labute approximate surface area is 185 Å². The number of para-hydroxylation sites is 1. The molecule has 0 unspecified atom stereocenters. The normalized spacial score (nSPS) is 11.3. The summed E-state index contributed by atoms with van der Waals surface area (Å²) in [4.78, 5) is 29.0. The van der Waals surface area contributed by atoms with E-state index in [0.717, 1.165) is 21.0 Å². The van der Waals surface area contributed by atoms with E-state index in [0.29, 0.717) is 15.5 Å². The van der Waals surface area contributed by atoms with Crippen LogP contribution in [-0.2, 0) is 4.79 Å². The van der Waals surface area contributed by atoms with Gasteiger partial charge in [-0.2, -0.15) is 5.10 Å². The summed E-state index contributed by atoms with van der Waals surface area (Å²) in [5.74, 6) is -0.899. The van der Waals surface area contributed by atoms with Crippen molar-refractivity contribution in [1.29, 1.82) is 0 Å². The Morgan fingerprint density at radius 1 is 1.10 bits per heavy atom. The smallest absolute Gasteiger partial charge is 0.263 e. The van der Waals surface area contributed by atoms with Crippen LogP contribution in [0.15, 0.2) is 59.7 Å². The van der Waals surface area contributed by atoms with Gasteiger partial charge in [-0.3, -0.25) is 9.59 Å². The third-order valence-corrected chi connectivity index (χ3v) is 6.23. The lowest BCUT2D eigenvalue weighted by molar-refractivity contribution is -0.120. The summed E-state index contributed by atoms with van der Waals surface area (Å²) in [6.45, 7) is -0.246. The molecule has 0 aliphatic heterocycles. The number of pyridine rings is 1. The minimum Gasteiger partial charge on any atom is -0.342 e. The van der Waals surface area contributed by atoms with Gasteiger partial charge >= 0.3 is 0 Å². The van der Waals surface area contributed by atoms with Crippen LogP contribution < -0.4 is 10.7 Å². The van der Waals surface area contributed by atoms with Gasteiger partial charge in [0.2, 0.25) is 0 Å². The topological polar surface area (TPSA) is 83.5 Å². The Morgan fingerprint density at radius 3 is 2.70 bits per heavy atom. The number of nitrogens with one attached hydrogen (secondary N) is 2. The first-order chi connectivity index (χ1) is 14.5. The lowest BCUT2D eigenvalue weighted by Crippen LogP contribution is -2.34. The molecule has 0 aliphatic carbocycles. The van der Waals surface area contributed by atoms with Crippen LogP contribution in [0.25, 0.3) is 21.0 Å². The molecule has 0 bridgehead atoms. The van der Waals surface area contributed by atoms with Crippen molar-refractivity contribution in [3.63, 3.8) is 0 Å². The molecule has 0 spiro atoms. The van der Waals surface area contributed by atoms with Gasteiger partial charge in [0, 0.05) is 21.0 Å². The van der Waals surface area contributed by atoms with Gasteiger partial charge in [-0.15, -0.1) is 11.3 Å². The number of benzene rings is 2. The van der Waals surface area contributed by atoms with Gasteiger partial charge in [0.15, 0.2) is 0 Å². The van der Waals surface area contributed by atoms with Crippen LogP contribution >= 0.6 is 34.5 Å². The van der Waals surface area contributed by atoms with Crippen LogP contribution in [0.2, 0.25) is 10.2 Å². The van der Waals surface area contributed by atoms with E-state index in [9.17, 15) is 9.59 Å². The fourth-order valence-corrected chi connectivity index (χ4v) is 4.44. The highest BCUT2D eigenvalue weighted by Crippen LogP contribution is 2.34. The number of halogens is 2. The van der Waals surface area contributed by atoms with E-state index in [1.165, 1.54) is 17.6 Å². The molecular formula is C21H14Cl2N4O2S. The maximum atomic E-state index is 12.4. The number of nitrogens with zero attached hydrogens (tertiary/aromatic N) is 2. The highest BCUT2D eigenvalue weighted by Gasteiger charge is 2.17. The lowest BCUT2D eigenvalue weighted by Gasteiger charge is -2.04. The van der Waals surface area contributed by atoms with Crippen LogP contribution in [0, 0.1) is 0 Å². The Morgan fingerprint density at radius 2 is 1.87 bits per heavy atom. The van der Waals surface area contributed by atoms with Crippen LogP contribution in [0.3, 0.4) is 0 Å². The molecule has 2 aromatic heterocycles. The first-order valence-electron chi connectivity index (χ1n) is 8.85. The molecule has 150 valence electrons. The third-order valence-electron chi connectivity index (χ3n) is 4.25. The highest BCUT2D eigenvalue weighted by atomic mass is 35.5. The lowest BCUT2D eigenvalue weighted by atomic mass is 10.2. The summed E-state index contributed by atoms with van der Waals surface area (Å²) in [6, 6.07) is 16.8. The maximum Gasteiger partial charge on any atom is 0.263 e. The average molecular weight is 457 g/mol. The number of hydrogen-bond acceptors (Lipinski definition) is 5. The first-order valence-corrected chi connectivity index (χ1v) is 10.4. The predicted octanol–water partition coefficient (Wildman–Crippen LogP) is 4.64. The van der Waals surface area contributed by atoms with Crippen LogP contribution in [0.4, 0.5) is 0 Å². The molecule has 0 atom stereocenters. The van der Waals surface area contributed by atoms with Crippen LogP contribution in [0.5, 0.6) is 0 Å². The molecule has 0 fully saturated rings. The summed E-state index contributed by atoms with van der Waals surface area (Å²) in [6.07, 6.45) is 1.41. The van der Waals surface area contributed by atoms with Crippen molar-refractivity contribution in [2.24, 2.45) is 5.10 Å². The van der Waals surface area contributed by atoms with Crippen molar-refractivity contribution in [2.45, 2.75) is 0 Å². The molecule has 9 heteroatoms. The molecule has 2 heterocycles. The summed E-state index contributed by atoms with van der Waals surface area (Å²) < 4.78 is 0.905. The molecule has 4 rings (SSSR count). The van der Waals surface area contributed by atoms with Gasteiger partial charge in [0.1, 0.15) is 10.0 Å². The van der Waals surface area contributed by atoms with E-state index in [-0.39, 0.29) is 11.7 Å². The Balaban J connectivity index is 1.36. The average Bonchev–Trinajstić information content (AvgIpc) is 3.09. The first kappa shape index (κ1) is 20.3. The number of amides is 2. The number of carbonyl (C=O) groups is 2. The van der Waals surface area contributed by atoms with Crippen molar-refractivity contribution in [3.05, 3.63) is 75.2 Å². The van der Waals surface area contributed by atoms with Crippen LogP contribution in [0.1, 0.15) is 15.2 Å². The minimum absolute atomic E-state index is 0.246. The minimum atomic E-state index is -0.485. The largest absolute Gasteiger partial charge is 0.342 e. The van der Waals surface area contributed by atoms with Crippen molar-refractivity contribution >= 4 is 73.6 Å². The molecule has 6 nitrogen and oxygen atoms in total. The second kappa shape index (κ2) is 8.79. The number of rotatable bonds is 5. The Kier molecular flexibility index (Phi) is 5.94. The fraction of sp³-hybridized carbons (Fsp3) is 0.0476. The summed E-state index contributed by atoms with van der Waals surface area (Å²) in [5, 5.41) is 8.81. The molecule has 2 amide bonds. The van der Waals surface area contributed by atoms with E-state index in [1.807, 2.05) is 54.6 Å². The number of carbonyl (C=O) groups excluding carboxylic acids is 2. The van der Waals surface area contributed by atoms with Gasteiger partial charge in [-0.05, 0) is 18.2 Å². The highest BCUT2D eigenvalue weighted by molar-refractivity contribution is 7.21. The molecule has 0 saturated heterocycles. The van der Waals surface area contributed by atoms with Crippen molar-refractivity contribution < 1.29 is 9.59 Å². The van der Waals surface area contributed by atoms with E-state index < -0.39 is 11.8 Å². The molecule has 2 aromatic carbocycles. The standard InChI is InChI=1S/C21H14Cl2N4O2S/c22-18-14-6-2-4-8-16(14)30-19(18)21(29)24-11-17(28)27-25-10-13-9-12-5-1-3-7-15(12)26-20(13)23/h1-10H,11H2,(H,24,29)(H,27,28)/b25-10+. The number of thiophene rings is 1. The van der Waals surface area contributed by atoms with Crippen LogP contribution in [-0.4, -0.2) is 29.6 Å². The SMILES string of the molecule is O=C(CNC(=O)c1sc2ccccc2c1Cl)N/N=C/c1cc2ccccc2nc1Cl. The molecular weight excluding hydrogens is 443 g/mol. The molecule has 4 aromatic rings. The summed E-state index contributed by atoms with van der Waals surface area (Å²) in [7, 11) is 0. The molecule has 0 radical (unpaired) electrons. The molecule has 2 N–H and O–H groups in total. The fourth-order valence-electron chi connectivity index (χ4n) is 2.81. The number of hydrazone groups is 1. The van der Waals surface area contributed by atoms with Gasteiger partial charge in [0.05, 0.1) is 23.3 Å². The zero-order valence-corrected chi connectivity index (χ0v) is 17.7. The second-order valence-electron chi connectivity index (χ2n) is 6.28. The van der Waals surface area contributed by atoms with Crippen molar-refractivity contribution in [2.75, 3.05) is 6.54 Å². The summed E-state index contributed by atoms with van der Waals surface area (Å²) >= 11 is 13.7. The van der Waals surface area contributed by atoms with Gasteiger partial charge in [0.25, 0.3) is 11.8 Å². The predicted molar refractivity (Wildman–Crippen MR) is 122 cm³/mol.